The van der Waals surface area contributed by atoms with Crippen molar-refractivity contribution >= 4 is 28.9 Å². The van der Waals surface area contributed by atoms with Crippen LogP contribution < -0.4 is 5.73 Å². The molecule has 2 aromatic carbocycles. The maximum absolute atomic E-state index is 11.0. The van der Waals surface area contributed by atoms with Crippen molar-refractivity contribution in [1.29, 1.82) is 0 Å². The highest BCUT2D eigenvalue weighted by molar-refractivity contribution is 6.30. The van der Waals surface area contributed by atoms with Gasteiger partial charge >= 0.3 is 0 Å². The Hall–Kier alpha value is -1.62. The van der Waals surface area contributed by atoms with Gasteiger partial charge in [-0.2, -0.15) is 0 Å². The number of nitro benzene ring substituents is 1. The largest absolute Gasteiger partial charge is 0.327 e. The Kier molecular flexibility index (Phi) is 5.17. The molecule has 2 aromatic rings. The first kappa shape index (κ1) is 15.8. The summed E-state index contributed by atoms with van der Waals surface area (Å²) >= 11 is 11.8. The Labute approximate surface area is 132 Å². The first-order valence-electron chi connectivity index (χ1n) is 6.38. The molecule has 0 heterocycles. The van der Waals surface area contributed by atoms with Crippen molar-refractivity contribution < 1.29 is 4.92 Å². The van der Waals surface area contributed by atoms with Gasteiger partial charge in [-0.1, -0.05) is 35.3 Å². The van der Waals surface area contributed by atoms with E-state index in [1.54, 1.807) is 12.1 Å². The van der Waals surface area contributed by atoms with E-state index in [9.17, 15) is 10.1 Å². The molecule has 2 rings (SSSR count). The Morgan fingerprint density at radius 1 is 1.10 bits per heavy atom. The number of halogens is 2. The summed E-state index contributed by atoms with van der Waals surface area (Å²) in [4.78, 5) is 10.6. The van der Waals surface area contributed by atoms with E-state index in [2.05, 4.69) is 0 Å². The third-order valence-electron chi connectivity index (χ3n) is 3.11. The van der Waals surface area contributed by atoms with Crippen LogP contribution in [-0.4, -0.2) is 11.0 Å². The third kappa shape index (κ3) is 4.43. The Balaban J connectivity index is 2.14. The third-order valence-corrected chi connectivity index (χ3v) is 3.58. The minimum Gasteiger partial charge on any atom is -0.327 e. The lowest BCUT2D eigenvalue weighted by molar-refractivity contribution is -0.385. The molecule has 0 spiro atoms. The second-order valence-corrected chi connectivity index (χ2v) is 5.70. The highest BCUT2D eigenvalue weighted by atomic mass is 35.5. The quantitative estimate of drug-likeness (QED) is 0.667. The van der Waals surface area contributed by atoms with Crippen LogP contribution in [0.2, 0.25) is 10.0 Å². The Morgan fingerprint density at radius 2 is 1.81 bits per heavy atom. The van der Waals surface area contributed by atoms with E-state index >= 15 is 0 Å². The maximum atomic E-state index is 11.0. The summed E-state index contributed by atoms with van der Waals surface area (Å²) in [6.07, 6.45) is 0.966. The zero-order valence-electron chi connectivity index (χ0n) is 11.1. The fraction of sp³-hybridized carbons (Fsp3) is 0.200. The first-order chi connectivity index (χ1) is 9.95. The molecule has 21 heavy (non-hydrogen) atoms. The van der Waals surface area contributed by atoms with E-state index in [1.807, 2.05) is 18.2 Å². The zero-order valence-corrected chi connectivity index (χ0v) is 12.6. The molecule has 0 aliphatic heterocycles. The highest BCUT2D eigenvalue weighted by Gasteiger charge is 2.17. The predicted molar refractivity (Wildman–Crippen MR) is 84.9 cm³/mol. The number of rotatable bonds is 5. The van der Waals surface area contributed by atoms with Crippen molar-refractivity contribution in [2.75, 3.05) is 0 Å². The van der Waals surface area contributed by atoms with E-state index < -0.39 is 4.92 Å². The number of benzene rings is 2. The van der Waals surface area contributed by atoms with Crippen molar-refractivity contribution in [2.45, 2.75) is 18.9 Å². The van der Waals surface area contributed by atoms with Gasteiger partial charge in [0.2, 0.25) is 0 Å². The van der Waals surface area contributed by atoms with Crippen LogP contribution in [0.3, 0.4) is 0 Å². The molecule has 0 aliphatic rings. The lowest BCUT2D eigenvalue weighted by atomic mass is 9.99. The lowest BCUT2D eigenvalue weighted by Gasteiger charge is -2.12. The average molecular weight is 325 g/mol. The number of nitro groups is 1. The molecule has 4 nitrogen and oxygen atoms in total. The smallest absolute Gasteiger partial charge is 0.272 e. The number of hydrogen-bond donors (Lipinski definition) is 1. The van der Waals surface area contributed by atoms with Crippen LogP contribution in [-0.2, 0) is 12.8 Å². The number of nitrogens with two attached hydrogens (primary N) is 1. The summed E-state index contributed by atoms with van der Waals surface area (Å²) in [5.41, 5.74) is 7.68. The second kappa shape index (κ2) is 6.89. The molecule has 0 fully saturated rings. The van der Waals surface area contributed by atoms with Crippen LogP contribution in [0.1, 0.15) is 11.1 Å². The lowest BCUT2D eigenvalue weighted by Crippen LogP contribution is -2.25. The van der Waals surface area contributed by atoms with Crippen LogP contribution in [0.25, 0.3) is 0 Å². The monoisotopic (exact) mass is 324 g/mol. The summed E-state index contributed by atoms with van der Waals surface area (Å²) in [6.45, 7) is 0. The van der Waals surface area contributed by atoms with Crippen molar-refractivity contribution in [3.63, 3.8) is 0 Å². The summed E-state index contributed by atoms with van der Waals surface area (Å²) in [7, 11) is 0. The summed E-state index contributed by atoms with van der Waals surface area (Å²) < 4.78 is 0. The van der Waals surface area contributed by atoms with E-state index in [0.717, 1.165) is 5.56 Å². The average Bonchev–Trinajstić information content (AvgIpc) is 2.38. The van der Waals surface area contributed by atoms with Gasteiger partial charge in [-0.15, -0.1) is 0 Å². The van der Waals surface area contributed by atoms with E-state index in [1.165, 1.54) is 12.1 Å². The van der Waals surface area contributed by atoms with Gasteiger partial charge in [-0.25, -0.2) is 0 Å². The molecule has 1 unspecified atom stereocenters. The van der Waals surface area contributed by atoms with Gasteiger partial charge in [-0.05, 0) is 42.7 Å². The van der Waals surface area contributed by atoms with Gasteiger partial charge in [-0.3, -0.25) is 10.1 Å². The van der Waals surface area contributed by atoms with Gasteiger partial charge in [0.05, 0.1) is 4.92 Å². The SMILES string of the molecule is NC(Cc1cccc(Cl)c1)Cc1cc(Cl)ccc1[N+](=O)[O-]. The normalized spacial score (nSPS) is 12.1. The molecule has 0 bridgehead atoms. The van der Waals surface area contributed by atoms with Crippen LogP contribution in [0.4, 0.5) is 5.69 Å². The van der Waals surface area contributed by atoms with Crippen LogP contribution >= 0.6 is 23.2 Å². The Bertz CT molecular complexity index is 662. The van der Waals surface area contributed by atoms with E-state index in [0.29, 0.717) is 28.5 Å². The molecular formula is C15H14Cl2N2O2. The molecule has 110 valence electrons. The molecule has 0 aliphatic carbocycles. The highest BCUT2D eigenvalue weighted by Crippen LogP contribution is 2.24. The molecule has 0 saturated heterocycles. The maximum Gasteiger partial charge on any atom is 0.272 e. The van der Waals surface area contributed by atoms with Gasteiger partial charge in [0.25, 0.3) is 5.69 Å². The summed E-state index contributed by atoms with van der Waals surface area (Å²) in [6, 6.07) is 11.7. The molecule has 0 radical (unpaired) electrons. The van der Waals surface area contributed by atoms with Gasteiger partial charge in [0.15, 0.2) is 0 Å². The predicted octanol–water partition coefficient (Wildman–Crippen LogP) is 4.01. The minimum absolute atomic E-state index is 0.0425. The number of nitrogens with zero attached hydrogens (tertiary/aromatic N) is 1. The van der Waals surface area contributed by atoms with E-state index in [-0.39, 0.29) is 11.7 Å². The van der Waals surface area contributed by atoms with Crippen molar-refractivity contribution in [1.82, 2.24) is 0 Å². The minimum atomic E-state index is -0.419. The second-order valence-electron chi connectivity index (χ2n) is 4.83. The van der Waals surface area contributed by atoms with Gasteiger partial charge in [0.1, 0.15) is 0 Å². The molecule has 1 atom stereocenters. The standard InChI is InChI=1S/C15H14Cl2N2O2/c16-12-3-1-2-10(6-12)7-14(18)9-11-8-13(17)4-5-15(11)19(20)21/h1-6,8,14H,7,9,18H2. The molecule has 2 N–H and O–H groups in total. The first-order valence-corrected chi connectivity index (χ1v) is 7.14. The summed E-state index contributed by atoms with van der Waals surface area (Å²) in [5.74, 6) is 0. The van der Waals surface area contributed by atoms with Gasteiger partial charge in [0, 0.05) is 27.7 Å². The molecule has 0 saturated carbocycles. The zero-order chi connectivity index (χ0) is 15.4. The molecular weight excluding hydrogens is 311 g/mol. The van der Waals surface area contributed by atoms with Crippen molar-refractivity contribution in [2.24, 2.45) is 5.73 Å². The molecule has 6 heteroatoms. The molecule has 0 aromatic heterocycles. The topological polar surface area (TPSA) is 69.2 Å². The Morgan fingerprint density at radius 3 is 2.48 bits per heavy atom. The summed E-state index contributed by atoms with van der Waals surface area (Å²) in [5, 5.41) is 12.1. The fourth-order valence-corrected chi connectivity index (χ4v) is 2.62. The van der Waals surface area contributed by atoms with Crippen molar-refractivity contribution in [3.05, 3.63) is 73.8 Å². The fourth-order valence-electron chi connectivity index (χ4n) is 2.22. The van der Waals surface area contributed by atoms with Crippen LogP contribution in [0, 0.1) is 10.1 Å². The molecule has 0 amide bonds. The van der Waals surface area contributed by atoms with Crippen LogP contribution in [0.5, 0.6) is 0 Å². The van der Waals surface area contributed by atoms with Gasteiger partial charge < -0.3 is 5.73 Å². The van der Waals surface area contributed by atoms with E-state index in [4.69, 9.17) is 28.9 Å². The number of hydrogen-bond acceptors (Lipinski definition) is 3. The van der Waals surface area contributed by atoms with Crippen LogP contribution in [0.15, 0.2) is 42.5 Å². The van der Waals surface area contributed by atoms with Crippen molar-refractivity contribution in [3.8, 4) is 0 Å².